The Labute approximate surface area is 152 Å². The largest absolute Gasteiger partial charge is 0.487 e. The van der Waals surface area contributed by atoms with E-state index in [1.807, 2.05) is 30.3 Å². The third-order valence-electron chi connectivity index (χ3n) is 3.98. The molecule has 2 aromatic heterocycles. The van der Waals surface area contributed by atoms with Gasteiger partial charge in [-0.05, 0) is 42.2 Å². The van der Waals surface area contributed by atoms with E-state index in [0.717, 1.165) is 29.8 Å². The molecule has 0 aliphatic heterocycles. The van der Waals surface area contributed by atoms with Crippen LogP contribution in [0.2, 0.25) is 0 Å². The predicted molar refractivity (Wildman–Crippen MR) is 97.5 cm³/mol. The van der Waals surface area contributed by atoms with E-state index in [-0.39, 0.29) is 5.97 Å². The summed E-state index contributed by atoms with van der Waals surface area (Å²) in [6.07, 6.45) is 5.45. The van der Waals surface area contributed by atoms with Crippen LogP contribution in [0.25, 0.3) is 11.4 Å². The van der Waals surface area contributed by atoms with Crippen LogP contribution in [0.1, 0.15) is 24.0 Å². The van der Waals surface area contributed by atoms with Gasteiger partial charge in [0.2, 0.25) is 0 Å². The van der Waals surface area contributed by atoms with Gasteiger partial charge in [-0.1, -0.05) is 24.3 Å². The van der Waals surface area contributed by atoms with E-state index in [9.17, 15) is 4.79 Å². The van der Waals surface area contributed by atoms with Crippen LogP contribution < -0.4 is 4.74 Å². The molecular formula is C20H21N3O3. The third-order valence-corrected chi connectivity index (χ3v) is 3.98. The van der Waals surface area contributed by atoms with Crippen molar-refractivity contribution >= 4 is 5.97 Å². The Bertz CT molecular complexity index is 830. The normalized spacial score (nSPS) is 10.5. The van der Waals surface area contributed by atoms with Crippen molar-refractivity contribution in [2.24, 2.45) is 0 Å². The first-order chi connectivity index (χ1) is 12.7. The fraction of sp³-hybridized carbons (Fsp3) is 0.250. The molecule has 0 unspecified atom stereocenters. The summed E-state index contributed by atoms with van der Waals surface area (Å²) in [5, 5.41) is 6.80. The lowest BCUT2D eigenvalue weighted by Gasteiger charge is -2.08. The summed E-state index contributed by atoms with van der Waals surface area (Å²) < 4.78 is 10.5. The highest BCUT2D eigenvalue weighted by Gasteiger charge is 2.04. The number of ether oxygens (including phenoxy) is 2. The number of benzene rings is 1. The van der Waals surface area contributed by atoms with Crippen molar-refractivity contribution in [1.82, 2.24) is 15.2 Å². The molecule has 0 fully saturated rings. The van der Waals surface area contributed by atoms with E-state index in [1.54, 1.807) is 12.4 Å². The first kappa shape index (κ1) is 17.7. The molecule has 0 aliphatic rings. The fourth-order valence-corrected chi connectivity index (χ4v) is 2.60. The number of aromatic nitrogens is 3. The lowest BCUT2D eigenvalue weighted by Crippen LogP contribution is -2.01. The van der Waals surface area contributed by atoms with E-state index in [0.29, 0.717) is 18.8 Å². The van der Waals surface area contributed by atoms with Gasteiger partial charge in [-0.2, -0.15) is 5.10 Å². The molecule has 0 radical (unpaired) electrons. The summed E-state index contributed by atoms with van der Waals surface area (Å²) in [6, 6.07) is 13.8. The number of hydrogen-bond donors (Lipinski definition) is 1. The van der Waals surface area contributed by atoms with Gasteiger partial charge in [0.15, 0.2) is 0 Å². The summed E-state index contributed by atoms with van der Waals surface area (Å²) in [7, 11) is 1.41. The maximum Gasteiger partial charge on any atom is 0.305 e. The van der Waals surface area contributed by atoms with E-state index in [2.05, 4.69) is 32.1 Å². The number of H-pyrrole nitrogens is 1. The molecule has 2 heterocycles. The quantitative estimate of drug-likeness (QED) is 0.628. The van der Waals surface area contributed by atoms with E-state index < -0.39 is 0 Å². The molecule has 0 saturated carbocycles. The molecule has 3 aromatic rings. The second-order valence-electron chi connectivity index (χ2n) is 5.89. The third kappa shape index (κ3) is 4.92. The van der Waals surface area contributed by atoms with Crippen LogP contribution in [0.15, 0.2) is 54.9 Å². The van der Waals surface area contributed by atoms with Gasteiger partial charge in [-0.15, -0.1) is 0 Å². The number of methoxy groups -OCH3 is 1. The minimum absolute atomic E-state index is 0.171. The summed E-state index contributed by atoms with van der Waals surface area (Å²) in [5.74, 6) is 0.542. The zero-order valence-corrected chi connectivity index (χ0v) is 14.6. The number of nitrogens with one attached hydrogen (secondary N) is 1. The molecule has 0 bridgehead atoms. The molecule has 6 heteroatoms. The smallest absolute Gasteiger partial charge is 0.305 e. The van der Waals surface area contributed by atoms with Crippen LogP contribution in [0.3, 0.4) is 0 Å². The lowest BCUT2D eigenvalue weighted by atomic mass is 10.1. The van der Waals surface area contributed by atoms with Crippen molar-refractivity contribution in [1.29, 1.82) is 0 Å². The molecule has 0 amide bonds. The SMILES string of the molecule is COC(=O)CCCc1cccc(COc2ccc(-c3ccn[nH]3)nc2)c1. The predicted octanol–water partition coefficient (Wildman–Crippen LogP) is 3.55. The first-order valence-corrected chi connectivity index (χ1v) is 8.48. The Morgan fingerprint density at radius 3 is 2.77 bits per heavy atom. The fourth-order valence-electron chi connectivity index (χ4n) is 2.60. The Kier molecular flexibility index (Phi) is 5.98. The van der Waals surface area contributed by atoms with Gasteiger partial charge in [0.25, 0.3) is 0 Å². The zero-order chi connectivity index (χ0) is 18.2. The van der Waals surface area contributed by atoms with Crippen molar-refractivity contribution in [2.75, 3.05) is 7.11 Å². The number of nitrogens with zero attached hydrogens (tertiary/aromatic N) is 2. The van der Waals surface area contributed by atoms with Crippen LogP contribution in [0.5, 0.6) is 5.75 Å². The number of pyridine rings is 1. The molecule has 1 N–H and O–H groups in total. The number of esters is 1. The summed E-state index contributed by atoms with van der Waals surface area (Å²) in [5.41, 5.74) is 3.96. The standard InChI is InChI=1S/C20H21N3O3/c1-25-20(24)7-3-5-15-4-2-6-16(12-15)14-26-17-8-9-18(21-13-17)19-10-11-22-23-19/h2,4,6,8-13H,3,5,7,14H2,1H3,(H,22,23). The molecule has 26 heavy (non-hydrogen) atoms. The minimum Gasteiger partial charge on any atom is -0.487 e. The van der Waals surface area contributed by atoms with Gasteiger partial charge in [-0.3, -0.25) is 14.9 Å². The average molecular weight is 351 g/mol. The number of aryl methyl sites for hydroxylation is 1. The lowest BCUT2D eigenvalue weighted by molar-refractivity contribution is -0.140. The van der Waals surface area contributed by atoms with Crippen LogP contribution in [-0.4, -0.2) is 28.3 Å². The molecule has 134 valence electrons. The van der Waals surface area contributed by atoms with E-state index >= 15 is 0 Å². The molecule has 1 aromatic carbocycles. The number of hydrogen-bond acceptors (Lipinski definition) is 5. The number of aromatic amines is 1. The van der Waals surface area contributed by atoms with Crippen LogP contribution in [0.4, 0.5) is 0 Å². The molecule has 0 atom stereocenters. The topological polar surface area (TPSA) is 77.1 Å². The van der Waals surface area contributed by atoms with Gasteiger partial charge in [0, 0.05) is 12.6 Å². The minimum atomic E-state index is -0.171. The van der Waals surface area contributed by atoms with Crippen molar-refractivity contribution in [3.05, 3.63) is 66.0 Å². The highest BCUT2D eigenvalue weighted by Crippen LogP contribution is 2.18. The average Bonchev–Trinajstić information content (AvgIpc) is 3.22. The highest BCUT2D eigenvalue weighted by molar-refractivity contribution is 5.69. The maximum atomic E-state index is 11.2. The number of carbonyl (C=O) groups excluding carboxylic acids is 1. The van der Waals surface area contributed by atoms with Crippen molar-refractivity contribution < 1.29 is 14.3 Å². The van der Waals surface area contributed by atoms with Gasteiger partial charge in [0.05, 0.1) is 24.7 Å². The van der Waals surface area contributed by atoms with Gasteiger partial charge in [0.1, 0.15) is 12.4 Å². The Morgan fingerprint density at radius 1 is 1.15 bits per heavy atom. The monoisotopic (exact) mass is 351 g/mol. The Hall–Kier alpha value is -3.15. The summed E-state index contributed by atoms with van der Waals surface area (Å²) in [4.78, 5) is 15.5. The molecule has 0 aliphatic carbocycles. The molecule has 0 saturated heterocycles. The Morgan fingerprint density at radius 2 is 2.04 bits per heavy atom. The summed E-state index contributed by atoms with van der Waals surface area (Å²) >= 11 is 0. The number of rotatable bonds is 8. The first-order valence-electron chi connectivity index (χ1n) is 8.48. The van der Waals surface area contributed by atoms with E-state index in [1.165, 1.54) is 12.7 Å². The highest BCUT2D eigenvalue weighted by atomic mass is 16.5. The summed E-state index contributed by atoms with van der Waals surface area (Å²) in [6.45, 7) is 0.468. The van der Waals surface area contributed by atoms with Crippen molar-refractivity contribution in [3.8, 4) is 17.1 Å². The van der Waals surface area contributed by atoms with Gasteiger partial charge >= 0.3 is 5.97 Å². The van der Waals surface area contributed by atoms with Crippen LogP contribution in [0, 0.1) is 0 Å². The van der Waals surface area contributed by atoms with Gasteiger partial charge < -0.3 is 9.47 Å². The van der Waals surface area contributed by atoms with Crippen molar-refractivity contribution in [3.63, 3.8) is 0 Å². The van der Waals surface area contributed by atoms with E-state index in [4.69, 9.17) is 4.74 Å². The molecule has 3 rings (SSSR count). The molecule has 6 nitrogen and oxygen atoms in total. The number of carbonyl (C=O) groups is 1. The maximum absolute atomic E-state index is 11.2. The van der Waals surface area contributed by atoms with Gasteiger partial charge in [-0.25, -0.2) is 0 Å². The molecule has 0 spiro atoms. The zero-order valence-electron chi connectivity index (χ0n) is 14.6. The van der Waals surface area contributed by atoms with Crippen LogP contribution >= 0.6 is 0 Å². The second kappa shape index (κ2) is 8.80. The van der Waals surface area contributed by atoms with Crippen LogP contribution in [-0.2, 0) is 22.6 Å². The second-order valence-corrected chi connectivity index (χ2v) is 5.89. The van der Waals surface area contributed by atoms with Crippen molar-refractivity contribution in [2.45, 2.75) is 25.9 Å². The molecular weight excluding hydrogens is 330 g/mol. The Balaban J connectivity index is 1.53.